The molecule has 0 bridgehead atoms. The summed E-state index contributed by atoms with van der Waals surface area (Å²) in [4.78, 5) is 9.06. The molecule has 1 N–H and O–H groups in total. The average molecular weight is 165 g/mol. The molecule has 6 heavy (non-hydrogen) atoms. The molecular formula is CH4Cl2NOTi. The first kappa shape index (κ1) is 15.9. The van der Waals surface area contributed by atoms with E-state index in [1.165, 1.54) is 0 Å². The van der Waals surface area contributed by atoms with Gasteiger partial charge in [0, 0.05) is 0 Å². The molecule has 0 saturated carbocycles. The van der Waals surface area contributed by atoms with Crippen molar-refractivity contribution in [2.45, 2.75) is 0 Å². The fourth-order valence-corrected chi connectivity index (χ4v) is 0. The summed E-state index contributed by atoms with van der Waals surface area (Å²) >= 11 is 1.56. The second-order valence-corrected chi connectivity index (χ2v) is 0.713. The SMILES string of the molecule is Cl.Cl.O=C[NH][Ti]. The van der Waals surface area contributed by atoms with Crippen molar-refractivity contribution < 1.29 is 25.5 Å². The van der Waals surface area contributed by atoms with E-state index >= 15 is 0 Å². The van der Waals surface area contributed by atoms with Crippen molar-refractivity contribution in [3.63, 3.8) is 0 Å². The van der Waals surface area contributed by atoms with Crippen LogP contribution in [0, 0.1) is 0 Å². The Hall–Kier alpha value is 0.764. The Balaban J connectivity index is -0.0000000450. The van der Waals surface area contributed by atoms with Gasteiger partial charge in [0.05, 0.1) is 0 Å². The summed E-state index contributed by atoms with van der Waals surface area (Å²) in [6.07, 6.45) is 0.625. The third-order valence-electron chi connectivity index (χ3n) is 0.0589. The van der Waals surface area contributed by atoms with E-state index in [1.807, 2.05) is 0 Å². The van der Waals surface area contributed by atoms with Crippen molar-refractivity contribution in [2.75, 3.05) is 0 Å². The van der Waals surface area contributed by atoms with E-state index in [0.717, 1.165) is 0 Å². The van der Waals surface area contributed by atoms with E-state index in [4.69, 9.17) is 4.79 Å². The van der Waals surface area contributed by atoms with E-state index in [2.05, 4.69) is 3.80 Å². The number of hydrogen-bond acceptors (Lipinski definition) is 1. The van der Waals surface area contributed by atoms with Crippen LogP contribution in [0.3, 0.4) is 0 Å². The minimum absolute atomic E-state index is 0. The van der Waals surface area contributed by atoms with Gasteiger partial charge < -0.3 is 0 Å². The second kappa shape index (κ2) is 17.1. The molecule has 0 aliphatic heterocycles. The van der Waals surface area contributed by atoms with Gasteiger partial charge in [-0.1, -0.05) is 0 Å². The van der Waals surface area contributed by atoms with Crippen LogP contribution in [0.5, 0.6) is 0 Å². The van der Waals surface area contributed by atoms with Gasteiger partial charge in [-0.2, -0.15) is 0 Å². The molecule has 0 rings (SSSR count). The van der Waals surface area contributed by atoms with Gasteiger partial charge in [-0.15, -0.1) is 24.8 Å². The van der Waals surface area contributed by atoms with Crippen molar-refractivity contribution in [3.8, 4) is 0 Å². The average Bonchev–Trinajstić information content (AvgIpc) is 1.37. The Morgan fingerprint density at radius 1 is 1.50 bits per heavy atom. The van der Waals surface area contributed by atoms with E-state index in [1.54, 1.807) is 20.7 Å². The summed E-state index contributed by atoms with van der Waals surface area (Å²) in [6, 6.07) is 0. The maximum absolute atomic E-state index is 9.06. The third-order valence-corrected chi connectivity index (χ3v) is 0.243. The van der Waals surface area contributed by atoms with Gasteiger partial charge in [0.2, 0.25) is 0 Å². The molecule has 0 atom stereocenters. The van der Waals surface area contributed by atoms with Gasteiger partial charge in [-0.05, 0) is 0 Å². The molecule has 0 aliphatic carbocycles. The quantitative estimate of drug-likeness (QED) is 0.431. The predicted octanol–water partition coefficient (Wildman–Crippen LogP) is 0.0378. The second-order valence-electron chi connectivity index (χ2n) is 0.262. The molecule has 2 nitrogen and oxygen atoms in total. The number of rotatable bonds is 1. The maximum atomic E-state index is 9.06. The predicted molar refractivity (Wildman–Crippen MR) is 23.7 cm³/mol. The molecule has 1 amide bonds. The van der Waals surface area contributed by atoms with Gasteiger partial charge in [0.25, 0.3) is 0 Å². The summed E-state index contributed by atoms with van der Waals surface area (Å²) < 4.78 is 2.25. The van der Waals surface area contributed by atoms with Gasteiger partial charge in [0.15, 0.2) is 0 Å². The number of halogens is 2. The molecule has 0 unspecified atom stereocenters. The topological polar surface area (TPSA) is 29.1 Å². The van der Waals surface area contributed by atoms with Gasteiger partial charge >= 0.3 is 35.7 Å². The summed E-state index contributed by atoms with van der Waals surface area (Å²) in [5.74, 6) is 0. The van der Waals surface area contributed by atoms with E-state index < -0.39 is 0 Å². The van der Waals surface area contributed by atoms with Crippen molar-refractivity contribution in [1.82, 2.24) is 3.80 Å². The van der Waals surface area contributed by atoms with Gasteiger partial charge in [0.1, 0.15) is 0 Å². The van der Waals surface area contributed by atoms with Crippen molar-refractivity contribution in [3.05, 3.63) is 0 Å². The fraction of sp³-hybridized carbons (Fsp3) is 0. The van der Waals surface area contributed by atoms with Crippen LogP contribution in [0.15, 0.2) is 0 Å². The number of amides is 1. The molecule has 0 aliphatic rings. The zero-order valence-electron chi connectivity index (χ0n) is 2.80. The summed E-state index contributed by atoms with van der Waals surface area (Å²) in [5.41, 5.74) is 0. The van der Waals surface area contributed by atoms with Crippen molar-refractivity contribution in [2.24, 2.45) is 0 Å². The van der Waals surface area contributed by atoms with Gasteiger partial charge in [-0.25, -0.2) is 0 Å². The van der Waals surface area contributed by atoms with E-state index in [9.17, 15) is 0 Å². The molecule has 0 spiro atoms. The van der Waals surface area contributed by atoms with Crippen LogP contribution in [0.4, 0.5) is 0 Å². The molecule has 0 aromatic rings. The molecule has 37 valence electrons. The number of nitrogens with one attached hydrogen (secondary N) is 1. The third kappa shape index (κ3) is 21.7. The Kier molecular flexibility index (Phi) is 45.3. The first-order valence-corrected chi connectivity index (χ1v) is 1.56. The molecule has 0 fully saturated rings. The number of carbonyl (C=O) groups excluding carboxylic acids is 1. The summed E-state index contributed by atoms with van der Waals surface area (Å²) in [7, 11) is 0. The van der Waals surface area contributed by atoms with Crippen LogP contribution in [0.1, 0.15) is 0 Å². The van der Waals surface area contributed by atoms with Crippen LogP contribution in [-0.4, -0.2) is 6.41 Å². The summed E-state index contributed by atoms with van der Waals surface area (Å²) in [5, 5.41) is 0. The zero-order chi connectivity index (χ0) is 3.41. The fourth-order valence-electron chi connectivity index (χ4n) is 0. The molecule has 0 heterocycles. The van der Waals surface area contributed by atoms with Crippen molar-refractivity contribution in [1.29, 1.82) is 0 Å². The van der Waals surface area contributed by atoms with Crippen LogP contribution in [-0.2, 0) is 25.5 Å². The molecule has 5 heteroatoms. The number of carbonyl (C=O) groups is 1. The molecular weight excluding hydrogens is 161 g/mol. The van der Waals surface area contributed by atoms with E-state index in [0.29, 0.717) is 6.41 Å². The standard InChI is InChI=1S/CH3NO.2ClH.Ti/c2-1-3;;;/h1H,(H2,2,3);2*1H;/q;;;+1/p-1. The van der Waals surface area contributed by atoms with Crippen LogP contribution in [0.25, 0.3) is 0 Å². The van der Waals surface area contributed by atoms with Gasteiger partial charge in [-0.3, -0.25) is 0 Å². The normalized spacial score (nSPS) is 3.17. The first-order chi connectivity index (χ1) is 1.91. The molecule has 0 radical (unpaired) electrons. The minimum atomic E-state index is 0. The molecule has 0 aromatic heterocycles. The number of hydrogen-bond donors (Lipinski definition) is 1. The Morgan fingerprint density at radius 3 is 1.67 bits per heavy atom. The van der Waals surface area contributed by atoms with Crippen LogP contribution in [0.2, 0.25) is 0 Å². The van der Waals surface area contributed by atoms with Crippen molar-refractivity contribution >= 4 is 31.2 Å². The Morgan fingerprint density at radius 2 is 1.67 bits per heavy atom. The zero-order valence-corrected chi connectivity index (χ0v) is 6.00. The monoisotopic (exact) mass is 164 g/mol. The molecule has 0 aromatic carbocycles. The first-order valence-electron chi connectivity index (χ1n) is 0.774. The summed E-state index contributed by atoms with van der Waals surface area (Å²) in [6.45, 7) is 0. The Labute approximate surface area is 60.6 Å². The van der Waals surface area contributed by atoms with Crippen LogP contribution < -0.4 is 3.80 Å². The van der Waals surface area contributed by atoms with Crippen LogP contribution >= 0.6 is 24.8 Å². The molecule has 0 saturated heterocycles. The Bertz CT molecular complexity index is 27.5. The van der Waals surface area contributed by atoms with E-state index in [-0.39, 0.29) is 24.8 Å².